The van der Waals surface area contributed by atoms with Crippen LogP contribution in [-0.2, 0) is 16.8 Å². The molecule has 2 amide bonds. The van der Waals surface area contributed by atoms with E-state index < -0.39 is 35.4 Å². The number of amides is 2. The fourth-order valence-corrected chi connectivity index (χ4v) is 5.78. The summed E-state index contributed by atoms with van der Waals surface area (Å²) in [5.41, 5.74) is 6.63. The van der Waals surface area contributed by atoms with Crippen LogP contribution in [0.2, 0.25) is 10.0 Å². The van der Waals surface area contributed by atoms with Crippen molar-refractivity contribution < 1.29 is 14.5 Å². The predicted octanol–water partition coefficient (Wildman–Crippen LogP) is 3.88. The standard InChI is InChI=1S/C25H20Cl2N4O4/c26-16-6-2-4-14(11-16)21-22(31(34)35)20(10-13-3-1-5-15(9-13)23(28)32)30-25(21)18-8-7-17(27)12-19(18)29-24(25)33/h1-9,11-12,20-22,30H,10H2,(H2,28,32)(H,29,33)/t20-,21-,22+,25+/m0/s1. The highest BCUT2D eigenvalue weighted by atomic mass is 35.5. The lowest BCUT2D eigenvalue weighted by atomic mass is 9.74. The van der Waals surface area contributed by atoms with Crippen LogP contribution in [0.3, 0.4) is 0 Å². The van der Waals surface area contributed by atoms with E-state index in [0.717, 1.165) is 0 Å². The molecule has 0 bridgehead atoms. The fraction of sp³-hybridized carbons (Fsp3) is 0.200. The van der Waals surface area contributed by atoms with E-state index in [4.69, 9.17) is 28.9 Å². The Balaban J connectivity index is 1.68. The number of primary amides is 1. The minimum atomic E-state index is -1.42. The number of anilines is 1. The highest BCUT2D eigenvalue weighted by Gasteiger charge is 2.66. The Labute approximate surface area is 210 Å². The Morgan fingerprint density at radius 3 is 2.51 bits per heavy atom. The maximum atomic E-state index is 13.6. The first-order valence-corrected chi connectivity index (χ1v) is 11.6. The first kappa shape index (κ1) is 23.3. The highest BCUT2D eigenvalue weighted by molar-refractivity contribution is 6.31. The monoisotopic (exact) mass is 510 g/mol. The molecule has 8 nitrogen and oxygen atoms in total. The second-order valence-corrected chi connectivity index (χ2v) is 9.65. The van der Waals surface area contributed by atoms with Crippen LogP contribution >= 0.6 is 23.2 Å². The lowest BCUT2D eigenvalue weighted by Gasteiger charge is -2.29. The Morgan fingerprint density at radius 1 is 1.06 bits per heavy atom. The molecule has 3 aromatic rings. The molecule has 2 aliphatic heterocycles. The van der Waals surface area contributed by atoms with Crippen molar-refractivity contribution in [1.82, 2.24) is 5.32 Å². The number of nitrogens with two attached hydrogens (primary N) is 1. The van der Waals surface area contributed by atoms with Crippen molar-refractivity contribution in [3.05, 3.63) is 109 Å². The van der Waals surface area contributed by atoms with Gasteiger partial charge in [-0.15, -0.1) is 0 Å². The number of carbonyl (C=O) groups is 2. The van der Waals surface area contributed by atoms with Gasteiger partial charge in [0.25, 0.3) is 0 Å². The number of rotatable bonds is 5. The van der Waals surface area contributed by atoms with E-state index in [1.54, 1.807) is 66.7 Å². The minimum absolute atomic E-state index is 0.196. The molecule has 1 fully saturated rings. The number of hydrogen-bond acceptors (Lipinski definition) is 5. The number of nitrogens with zero attached hydrogens (tertiary/aromatic N) is 1. The van der Waals surface area contributed by atoms with Crippen LogP contribution in [0.5, 0.6) is 0 Å². The molecule has 10 heteroatoms. The van der Waals surface area contributed by atoms with E-state index >= 15 is 0 Å². The van der Waals surface area contributed by atoms with Crippen LogP contribution in [0, 0.1) is 10.1 Å². The van der Waals surface area contributed by atoms with E-state index in [1.807, 2.05) is 0 Å². The summed E-state index contributed by atoms with van der Waals surface area (Å²) in [5.74, 6) is -1.87. The zero-order chi connectivity index (χ0) is 24.9. The van der Waals surface area contributed by atoms with E-state index in [9.17, 15) is 19.7 Å². The highest BCUT2D eigenvalue weighted by Crippen LogP contribution is 2.53. The quantitative estimate of drug-likeness (QED) is 0.354. The van der Waals surface area contributed by atoms with Gasteiger partial charge < -0.3 is 11.1 Å². The molecule has 35 heavy (non-hydrogen) atoms. The lowest BCUT2D eigenvalue weighted by Crippen LogP contribution is -2.49. The zero-order valence-electron chi connectivity index (χ0n) is 18.2. The molecule has 3 aromatic carbocycles. The molecule has 0 unspecified atom stereocenters. The van der Waals surface area contributed by atoms with Gasteiger partial charge in [-0.3, -0.25) is 25.0 Å². The molecule has 0 aliphatic carbocycles. The maximum absolute atomic E-state index is 13.6. The SMILES string of the molecule is NC(=O)c1cccc(C[C@@H]2N[C@@]3(C(=O)Nc4cc(Cl)ccc43)[C@@H](c3cccc(Cl)c3)[C@@H]2[N+](=O)[O-])c1. The number of benzene rings is 3. The summed E-state index contributed by atoms with van der Waals surface area (Å²) in [6.45, 7) is 0. The average molecular weight is 511 g/mol. The Hall–Kier alpha value is -3.46. The van der Waals surface area contributed by atoms with Crippen molar-refractivity contribution in [1.29, 1.82) is 0 Å². The number of hydrogen-bond donors (Lipinski definition) is 3. The summed E-state index contributed by atoms with van der Waals surface area (Å²) in [6, 6.07) is 16.5. The summed E-state index contributed by atoms with van der Waals surface area (Å²) in [7, 11) is 0. The lowest BCUT2D eigenvalue weighted by molar-refractivity contribution is -0.526. The molecule has 0 aromatic heterocycles. The van der Waals surface area contributed by atoms with Gasteiger partial charge in [-0.25, -0.2) is 0 Å². The molecule has 178 valence electrons. The first-order valence-electron chi connectivity index (χ1n) is 10.9. The average Bonchev–Trinajstić information content (AvgIpc) is 3.28. The number of carbonyl (C=O) groups excluding carboxylic acids is 2. The molecule has 2 heterocycles. The van der Waals surface area contributed by atoms with Crippen LogP contribution in [0.25, 0.3) is 0 Å². The van der Waals surface area contributed by atoms with Gasteiger partial charge in [0.05, 0.1) is 12.0 Å². The van der Waals surface area contributed by atoms with E-state index in [1.165, 1.54) is 0 Å². The first-order chi connectivity index (χ1) is 16.7. The van der Waals surface area contributed by atoms with Gasteiger partial charge in [-0.05, 0) is 53.9 Å². The third-order valence-corrected chi connectivity index (χ3v) is 7.23. The van der Waals surface area contributed by atoms with Crippen molar-refractivity contribution in [3.8, 4) is 0 Å². The van der Waals surface area contributed by atoms with Crippen molar-refractivity contribution in [2.75, 3.05) is 5.32 Å². The van der Waals surface area contributed by atoms with Gasteiger partial charge in [0.2, 0.25) is 17.9 Å². The Kier molecular flexibility index (Phi) is 5.75. The molecule has 2 aliphatic rings. The third-order valence-electron chi connectivity index (χ3n) is 6.76. The van der Waals surface area contributed by atoms with E-state index in [2.05, 4.69) is 10.6 Å². The van der Waals surface area contributed by atoms with Crippen LogP contribution < -0.4 is 16.4 Å². The summed E-state index contributed by atoms with van der Waals surface area (Å²) >= 11 is 12.4. The number of halogens is 2. The van der Waals surface area contributed by atoms with Gasteiger partial charge in [-0.1, -0.05) is 53.5 Å². The molecular weight excluding hydrogens is 491 g/mol. The molecule has 4 atom stereocenters. The largest absolute Gasteiger partial charge is 0.366 e. The summed E-state index contributed by atoms with van der Waals surface area (Å²) in [5, 5.41) is 19.6. The summed E-state index contributed by atoms with van der Waals surface area (Å²) in [6.07, 6.45) is 0.196. The minimum Gasteiger partial charge on any atom is -0.366 e. The van der Waals surface area contributed by atoms with Crippen LogP contribution in [0.15, 0.2) is 66.7 Å². The van der Waals surface area contributed by atoms with E-state index in [0.29, 0.717) is 38.0 Å². The van der Waals surface area contributed by atoms with Crippen LogP contribution in [-0.4, -0.2) is 28.8 Å². The van der Waals surface area contributed by atoms with Crippen molar-refractivity contribution >= 4 is 40.7 Å². The fourth-order valence-electron chi connectivity index (χ4n) is 5.41. The molecule has 1 saturated heterocycles. The number of nitro groups is 1. The number of fused-ring (bicyclic) bond motifs is 2. The zero-order valence-corrected chi connectivity index (χ0v) is 19.7. The van der Waals surface area contributed by atoms with Crippen LogP contribution in [0.4, 0.5) is 5.69 Å². The Morgan fingerprint density at radius 2 is 1.80 bits per heavy atom. The molecular formula is C25H20Cl2N4O4. The van der Waals surface area contributed by atoms with Crippen LogP contribution in [0.1, 0.15) is 33.0 Å². The maximum Gasteiger partial charge on any atom is 0.250 e. The smallest absolute Gasteiger partial charge is 0.250 e. The third kappa shape index (κ3) is 3.83. The normalized spacial score (nSPS) is 24.9. The Bertz CT molecular complexity index is 1380. The van der Waals surface area contributed by atoms with Gasteiger partial charge in [-0.2, -0.15) is 0 Å². The predicted molar refractivity (Wildman–Crippen MR) is 132 cm³/mol. The molecule has 4 N–H and O–H groups in total. The number of nitrogens with one attached hydrogen (secondary N) is 2. The van der Waals surface area contributed by atoms with Crippen molar-refractivity contribution in [2.45, 2.75) is 30.0 Å². The second kappa shape index (κ2) is 8.64. The summed E-state index contributed by atoms with van der Waals surface area (Å²) in [4.78, 5) is 37.5. The molecule has 0 radical (unpaired) electrons. The van der Waals surface area contributed by atoms with E-state index in [-0.39, 0.29) is 11.3 Å². The molecule has 1 spiro atoms. The summed E-state index contributed by atoms with van der Waals surface area (Å²) < 4.78 is 0. The topological polar surface area (TPSA) is 127 Å². The van der Waals surface area contributed by atoms with Crippen molar-refractivity contribution in [3.63, 3.8) is 0 Å². The van der Waals surface area contributed by atoms with Gasteiger partial charge in [0.1, 0.15) is 5.54 Å². The molecule has 5 rings (SSSR count). The van der Waals surface area contributed by atoms with Crippen molar-refractivity contribution in [2.24, 2.45) is 5.73 Å². The second-order valence-electron chi connectivity index (χ2n) is 8.78. The van der Waals surface area contributed by atoms with Gasteiger partial charge in [0.15, 0.2) is 0 Å². The van der Waals surface area contributed by atoms with Gasteiger partial charge in [0, 0.05) is 31.8 Å². The van der Waals surface area contributed by atoms with Gasteiger partial charge >= 0.3 is 0 Å². The molecule has 0 saturated carbocycles.